The molecule has 1 atom stereocenters. The summed E-state index contributed by atoms with van der Waals surface area (Å²) in [5.74, 6) is -0.482. The van der Waals surface area contributed by atoms with Crippen LogP contribution in [0.25, 0.3) is 0 Å². The van der Waals surface area contributed by atoms with Crippen LogP contribution in [0.5, 0.6) is 0 Å². The molecule has 0 saturated carbocycles. The van der Waals surface area contributed by atoms with E-state index >= 15 is 0 Å². The molecule has 0 rings (SSSR count). The number of halogens is 3. The minimum atomic E-state index is -4.28. The SMILES string of the molecule is CCOC(C)(CC)C(=O)CCC(F)(F)F. The first-order valence-corrected chi connectivity index (χ1v) is 4.99. The summed E-state index contributed by atoms with van der Waals surface area (Å²) in [6, 6.07) is 0. The molecule has 0 saturated heterocycles. The molecule has 0 aliphatic heterocycles. The summed E-state index contributed by atoms with van der Waals surface area (Å²) in [6.45, 7) is 5.30. The van der Waals surface area contributed by atoms with E-state index in [1.54, 1.807) is 13.8 Å². The minimum absolute atomic E-state index is 0.322. The molecule has 0 amide bonds. The Kier molecular flexibility index (Phi) is 5.28. The molecule has 0 aromatic heterocycles. The summed E-state index contributed by atoms with van der Waals surface area (Å²) in [5.41, 5.74) is -1.07. The Morgan fingerprint density at radius 2 is 1.80 bits per heavy atom. The van der Waals surface area contributed by atoms with E-state index in [0.29, 0.717) is 13.0 Å². The second-order valence-corrected chi connectivity index (χ2v) is 3.56. The van der Waals surface area contributed by atoms with Gasteiger partial charge in [0.1, 0.15) is 5.60 Å². The quantitative estimate of drug-likeness (QED) is 0.695. The third-order valence-electron chi connectivity index (χ3n) is 2.36. The van der Waals surface area contributed by atoms with Crippen molar-refractivity contribution in [1.82, 2.24) is 0 Å². The zero-order valence-corrected chi connectivity index (χ0v) is 9.28. The maximum Gasteiger partial charge on any atom is 0.389 e. The Morgan fingerprint density at radius 3 is 2.13 bits per heavy atom. The highest BCUT2D eigenvalue weighted by molar-refractivity contribution is 5.86. The third kappa shape index (κ3) is 5.16. The summed E-state index contributed by atoms with van der Waals surface area (Å²) in [4.78, 5) is 11.5. The molecule has 0 bridgehead atoms. The smallest absolute Gasteiger partial charge is 0.368 e. The van der Waals surface area contributed by atoms with Crippen molar-refractivity contribution in [3.63, 3.8) is 0 Å². The van der Waals surface area contributed by atoms with E-state index in [2.05, 4.69) is 0 Å². The van der Waals surface area contributed by atoms with Gasteiger partial charge in [-0.15, -0.1) is 0 Å². The molecule has 0 heterocycles. The predicted octanol–water partition coefficient (Wildman–Crippen LogP) is 3.10. The molecule has 1 unspecified atom stereocenters. The molecule has 15 heavy (non-hydrogen) atoms. The van der Waals surface area contributed by atoms with Crippen molar-refractivity contribution < 1.29 is 22.7 Å². The highest BCUT2D eigenvalue weighted by atomic mass is 19.4. The molecule has 90 valence electrons. The average Bonchev–Trinajstić information content (AvgIpc) is 2.13. The van der Waals surface area contributed by atoms with Gasteiger partial charge in [-0.25, -0.2) is 0 Å². The molecule has 0 aromatic carbocycles. The monoisotopic (exact) mass is 226 g/mol. The molecule has 0 radical (unpaired) electrons. The third-order valence-corrected chi connectivity index (χ3v) is 2.36. The van der Waals surface area contributed by atoms with Crippen molar-refractivity contribution in [1.29, 1.82) is 0 Å². The summed E-state index contributed by atoms with van der Waals surface area (Å²) in [7, 11) is 0. The second-order valence-electron chi connectivity index (χ2n) is 3.56. The summed E-state index contributed by atoms with van der Waals surface area (Å²) in [5, 5.41) is 0. The maximum atomic E-state index is 11.9. The van der Waals surface area contributed by atoms with Gasteiger partial charge in [-0.05, 0) is 20.3 Å². The van der Waals surface area contributed by atoms with Crippen LogP contribution in [-0.4, -0.2) is 24.2 Å². The van der Waals surface area contributed by atoms with Crippen molar-refractivity contribution in [2.24, 2.45) is 0 Å². The van der Waals surface area contributed by atoms with E-state index in [1.807, 2.05) is 0 Å². The number of carbonyl (C=O) groups is 1. The van der Waals surface area contributed by atoms with E-state index < -0.39 is 30.4 Å². The van der Waals surface area contributed by atoms with Crippen LogP contribution in [0.15, 0.2) is 0 Å². The van der Waals surface area contributed by atoms with Gasteiger partial charge in [0.2, 0.25) is 0 Å². The van der Waals surface area contributed by atoms with Gasteiger partial charge in [0.15, 0.2) is 5.78 Å². The number of ether oxygens (including phenoxy) is 1. The van der Waals surface area contributed by atoms with E-state index in [4.69, 9.17) is 4.74 Å². The molecular weight excluding hydrogens is 209 g/mol. The van der Waals surface area contributed by atoms with E-state index in [1.165, 1.54) is 6.92 Å². The first kappa shape index (κ1) is 14.4. The van der Waals surface area contributed by atoms with Gasteiger partial charge in [0.25, 0.3) is 0 Å². The molecule has 0 fully saturated rings. The van der Waals surface area contributed by atoms with Gasteiger partial charge in [-0.1, -0.05) is 6.92 Å². The first-order valence-electron chi connectivity index (χ1n) is 4.99. The van der Waals surface area contributed by atoms with Gasteiger partial charge in [0, 0.05) is 13.0 Å². The fraction of sp³-hybridized carbons (Fsp3) is 0.900. The molecule has 0 N–H and O–H groups in total. The number of hydrogen-bond acceptors (Lipinski definition) is 2. The number of alkyl halides is 3. The van der Waals surface area contributed by atoms with Crippen LogP contribution in [0.4, 0.5) is 13.2 Å². The topological polar surface area (TPSA) is 26.3 Å². The first-order chi connectivity index (χ1) is 6.75. The number of rotatable bonds is 6. The van der Waals surface area contributed by atoms with Crippen LogP contribution in [-0.2, 0) is 9.53 Å². The van der Waals surface area contributed by atoms with Gasteiger partial charge in [0.05, 0.1) is 6.42 Å². The summed E-state index contributed by atoms with van der Waals surface area (Å²) < 4.78 is 40.9. The van der Waals surface area contributed by atoms with Crippen LogP contribution in [0.2, 0.25) is 0 Å². The van der Waals surface area contributed by atoms with Crippen LogP contribution in [0.1, 0.15) is 40.0 Å². The Balaban J connectivity index is 4.28. The molecule has 5 heteroatoms. The maximum absolute atomic E-state index is 11.9. The lowest BCUT2D eigenvalue weighted by atomic mass is 9.94. The molecule has 0 aliphatic rings. The normalized spacial score (nSPS) is 16.1. The minimum Gasteiger partial charge on any atom is -0.368 e. The predicted molar refractivity (Wildman–Crippen MR) is 50.6 cm³/mol. The Hall–Kier alpha value is -0.580. The van der Waals surface area contributed by atoms with Gasteiger partial charge in [-0.3, -0.25) is 4.79 Å². The van der Waals surface area contributed by atoms with Gasteiger partial charge in [-0.2, -0.15) is 13.2 Å². The van der Waals surface area contributed by atoms with Crippen molar-refractivity contribution in [3.05, 3.63) is 0 Å². The van der Waals surface area contributed by atoms with Gasteiger partial charge < -0.3 is 4.74 Å². The zero-order valence-electron chi connectivity index (χ0n) is 9.28. The molecule has 2 nitrogen and oxygen atoms in total. The lowest BCUT2D eigenvalue weighted by Crippen LogP contribution is -2.38. The Labute approximate surface area is 87.8 Å². The molecular formula is C10H17F3O2. The second kappa shape index (κ2) is 5.49. The number of Topliss-reactive ketones (excluding diaryl/α,β-unsaturated/α-hetero) is 1. The molecule has 0 aliphatic carbocycles. The average molecular weight is 226 g/mol. The van der Waals surface area contributed by atoms with Crippen LogP contribution in [0, 0.1) is 0 Å². The lowest BCUT2D eigenvalue weighted by molar-refractivity contribution is -0.155. The largest absolute Gasteiger partial charge is 0.389 e. The van der Waals surface area contributed by atoms with Crippen molar-refractivity contribution in [3.8, 4) is 0 Å². The van der Waals surface area contributed by atoms with Crippen LogP contribution in [0.3, 0.4) is 0 Å². The van der Waals surface area contributed by atoms with Crippen molar-refractivity contribution >= 4 is 5.78 Å². The lowest BCUT2D eigenvalue weighted by Gasteiger charge is -2.26. The number of carbonyl (C=O) groups excluding carboxylic acids is 1. The van der Waals surface area contributed by atoms with Crippen LogP contribution < -0.4 is 0 Å². The Bertz CT molecular complexity index is 213. The van der Waals surface area contributed by atoms with Gasteiger partial charge >= 0.3 is 6.18 Å². The highest BCUT2D eigenvalue weighted by Gasteiger charge is 2.35. The fourth-order valence-electron chi connectivity index (χ4n) is 1.22. The van der Waals surface area contributed by atoms with Crippen molar-refractivity contribution in [2.75, 3.05) is 6.61 Å². The highest BCUT2D eigenvalue weighted by Crippen LogP contribution is 2.25. The summed E-state index contributed by atoms with van der Waals surface area (Å²) >= 11 is 0. The van der Waals surface area contributed by atoms with E-state index in [-0.39, 0.29) is 0 Å². The Morgan fingerprint density at radius 1 is 1.27 bits per heavy atom. The van der Waals surface area contributed by atoms with Crippen LogP contribution >= 0.6 is 0 Å². The van der Waals surface area contributed by atoms with Crippen molar-refractivity contribution in [2.45, 2.75) is 51.8 Å². The molecule has 0 spiro atoms. The van der Waals surface area contributed by atoms with E-state index in [0.717, 1.165) is 0 Å². The standard InChI is InChI=1S/C10H17F3O2/c1-4-9(3,15-5-2)8(14)6-7-10(11,12)13/h4-7H2,1-3H3. The zero-order chi connectivity index (χ0) is 12.1. The fourth-order valence-corrected chi connectivity index (χ4v) is 1.22. The molecule has 0 aromatic rings. The van der Waals surface area contributed by atoms with E-state index in [9.17, 15) is 18.0 Å². The number of ketones is 1. The number of hydrogen-bond donors (Lipinski definition) is 0. The summed E-state index contributed by atoms with van der Waals surface area (Å²) in [6.07, 6.45) is -5.48.